The molecule has 0 aromatic heterocycles. The Labute approximate surface area is 160 Å². The first-order valence-corrected chi connectivity index (χ1v) is 9.01. The predicted molar refractivity (Wildman–Crippen MR) is 114 cm³/mol. The Morgan fingerprint density at radius 1 is 0.444 bits per heavy atom. The Bertz CT molecular complexity index is 914. The van der Waals surface area contributed by atoms with Crippen LogP contribution >= 0.6 is 0 Å². The van der Waals surface area contributed by atoms with Crippen molar-refractivity contribution in [2.24, 2.45) is 5.10 Å². The van der Waals surface area contributed by atoms with Gasteiger partial charge in [-0.05, 0) is 24.3 Å². The fraction of sp³-hybridized carbons (Fsp3) is 0. The zero-order chi connectivity index (χ0) is 18.3. The number of benzene rings is 4. The highest BCUT2D eigenvalue weighted by molar-refractivity contribution is 6.13. The number of hydrogen-bond donors (Lipinski definition) is 0. The molecule has 130 valence electrons. The molecule has 0 radical (unpaired) electrons. The van der Waals surface area contributed by atoms with Crippen LogP contribution in [0, 0.1) is 0 Å². The first kappa shape index (κ1) is 16.8. The van der Waals surface area contributed by atoms with E-state index in [2.05, 4.69) is 48.5 Å². The number of hydrazone groups is 1. The predicted octanol–water partition coefficient (Wildman–Crippen LogP) is 6.28. The van der Waals surface area contributed by atoms with E-state index in [4.69, 9.17) is 5.10 Å². The molecule has 0 bridgehead atoms. The van der Waals surface area contributed by atoms with Crippen LogP contribution in [0.3, 0.4) is 0 Å². The lowest BCUT2D eigenvalue weighted by molar-refractivity contribution is 1.08. The lowest BCUT2D eigenvalue weighted by atomic mass is 10.0. The maximum absolute atomic E-state index is 5.11. The van der Waals surface area contributed by atoms with E-state index in [0.29, 0.717) is 0 Å². The van der Waals surface area contributed by atoms with Gasteiger partial charge in [-0.1, -0.05) is 97.1 Å². The maximum atomic E-state index is 5.11. The van der Waals surface area contributed by atoms with Gasteiger partial charge in [-0.25, -0.2) is 5.01 Å². The smallest absolute Gasteiger partial charge is 0.0984 e. The van der Waals surface area contributed by atoms with Crippen LogP contribution in [-0.2, 0) is 0 Å². The second kappa shape index (κ2) is 8.15. The van der Waals surface area contributed by atoms with Crippen molar-refractivity contribution < 1.29 is 0 Å². The van der Waals surface area contributed by atoms with E-state index in [9.17, 15) is 0 Å². The molecule has 0 aliphatic heterocycles. The molecule has 0 N–H and O–H groups in total. The van der Waals surface area contributed by atoms with Crippen LogP contribution in [0.1, 0.15) is 11.1 Å². The molecule has 0 amide bonds. The monoisotopic (exact) mass is 348 g/mol. The summed E-state index contributed by atoms with van der Waals surface area (Å²) in [6.07, 6.45) is 0. The van der Waals surface area contributed by atoms with E-state index < -0.39 is 0 Å². The minimum Gasteiger partial charge on any atom is -0.233 e. The van der Waals surface area contributed by atoms with Gasteiger partial charge >= 0.3 is 0 Å². The molecule has 0 atom stereocenters. The van der Waals surface area contributed by atoms with Crippen molar-refractivity contribution in [1.82, 2.24) is 0 Å². The number of para-hydroxylation sites is 2. The van der Waals surface area contributed by atoms with Crippen LogP contribution in [0.2, 0.25) is 0 Å². The minimum atomic E-state index is 0.934. The van der Waals surface area contributed by atoms with Crippen molar-refractivity contribution in [1.29, 1.82) is 0 Å². The van der Waals surface area contributed by atoms with E-state index >= 15 is 0 Å². The maximum Gasteiger partial charge on any atom is 0.0984 e. The van der Waals surface area contributed by atoms with Gasteiger partial charge in [0.15, 0.2) is 0 Å². The summed E-state index contributed by atoms with van der Waals surface area (Å²) in [6, 6.07) is 41.1. The molecule has 0 fully saturated rings. The highest BCUT2D eigenvalue weighted by Crippen LogP contribution is 2.26. The summed E-state index contributed by atoms with van der Waals surface area (Å²) in [5.41, 5.74) is 5.14. The van der Waals surface area contributed by atoms with Gasteiger partial charge in [0, 0.05) is 11.1 Å². The van der Waals surface area contributed by atoms with E-state index in [1.54, 1.807) is 0 Å². The Morgan fingerprint density at radius 2 is 0.778 bits per heavy atom. The molecular weight excluding hydrogens is 328 g/mol. The second-order valence-electron chi connectivity index (χ2n) is 6.16. The minimum absolute atomic E-state index is 0.934. The number of anilines is 2. The lowest BCUT2D eigenvalue weighted by Crippen LogP contribution is -2.15. The van der Waals surface area contributed by atoms with Gasteiger partial charge in [-0.15, -0.1) is 0 Å². The van der Waals surface area contributed by atoms with Gasteiger partial charge in [0.2, 0.25) is 0 Å². The molecule has 0 spiro atoms. The molecule has 4 aromatic rings. The first-order valence-electron chi connectivity index (χ1n) is 9.01. The Kier molecular flexibility index (Phi) is 5.07. The summed E-state index contributed by atoms with van der Waals surface area (Å²) in [6.45, 7) is 0. The highest BCUT2D eigenvalue weighted by atomic mass is 15.5. The normalized spacial score (nSPS) is 10.2. The molecule has 0 aliphatic rings. The lowest BCUT2D eigenvalue weighted by Gasteiger charge is -2.21. The fourth-order valence-electron chi connectivity index (χ4n) is 2.98. The summed E-state index contributed by atoms with van der Waals surface area (Å²) in [4.78, 5) is 0. The number of nitrogens with zero attached hydrogens (tertiary/aromatic N) is 2. The molecule has 0 unspecified atom stereocenters. The van der Waals surface area contributed by atoms with Gasteiger partial charge in [0.25, 0.3) is 0 Å². The van der Waals surface area contributed by atoms with Crippen molar-refractivity contribution in [3.8, 4) is 0 Å². The molecule has 4 aromatic carbocycles. The summed E-state index contributed by atoms with van der Waals surface area (Å²) >= 11 is 0. The first-order chi connectivity index (χ1) is 13.4. The van der Waals surface area contributed by atoms with Crippen LogP contribution in [-0.4, -0.2) is 5.71 Å². The number of hydrogen-bond acceptors (Lipinski definition) is 2. The van der Waals surface area contributed by atoms with Crippen molar-refractivity contribution in [2.75, 3.05) is 5.01 Å². The van der Waals surface area contributed by atoms with Gasteiger partial charge in [0.05, 0.1) is 17.1 Å². The van der Waals surface area contributed by atoms with E-state index in [1.807, 2.05) is 77.8 Å². The molecule has 27 heavy (non-hydrogen) atoms. The van der Waals surface area contributed by atoms with Gasteiger partial charge in [-0.3, -0.25) is 0 Å². The molecule has 0 heterocycles. The van der Waals surface area contributed by atoms with Crippen LogP contribution < -0.4 is 5.01 Å². The van der Waals surface area contributed by atoms with Crippen LogP contribution in [0.15, 0.2) is 126 Å². The summed E-state index contributed by atoms with van der Waals surface area (Å²) in [7, 11) is 0. The molecule has 0 saturated heterocycles. The third-order valence-corrected chi connectivity index (χ3v) is 4.30. The Morgan fingerprint density at radius 3 is 1.15 bits per heavy atom. The average Bonchev–Trinajstić information content (AvgIpc) is 2.77. The van der Waals surface area contributed by atoms with Crippen molar-refractivity contribution >= 4 is 17.1 Å². The summed E-state index contributed by atoms with van der Waals surface area (Å²) in [5, 5.41) is 7.10. The molecular formula is C25H20N2. The number of rotatable bonds is 5. The summed E-state index contributed by atoms with van der Waals surface area (Å²) < 4.78 is 0. The Hall–Kier alpha value is -3.65. The third kappa shape index (κ3) is 3.96. The summed E-state index contributed by atoms with van der Waals surface area (Å²) in [5.74, 6) is 0. The molecule has 2 nitrogen and oxygen atoms in total. The van der Waals surface area contributed by atoms with Crippen LogP contribution in [0.5, 0.6) is 0 Å². The zero-order valence-corrected chi connectivity index (χ0v) is 14.9. The van der Waals surface area contributed by atoms with Gasteiger partial charge < -0.3 is 0 Å². The highest BCUT2D eigenvalue weighted by Gasteiger charge is 2.12. The van der Waals surface area contributed by atoms with Crippen molar-refractivity contribution in [2.45, 2.75) is 0 Å². The van der Waals surface area contributed by atoms with E-state index in [-0.39, 0.29) is 0 Å². The fourth-order valence-corrected chi connectivity index (χ4v) is 2.98. The average molecular weight is 348 g/mol. The van der Waals surface area contributed by atoms with E-state index in [1.165, 1.54) is 0 Å². The zero-order valence-electron chi connectivity index (χ0n) is 14.9. The topological polar surface area (TPSA) is 15.6 Å². The van der Waals surface area contributed by atoms with Crippen molar-refractivity contribution in [3.63, 3.8) is 0 Å². The van der Waals surface area contributed by atoms with Crippen LogP contribution in [0.4, 0.5) is 11.4 Å². The standard InChI is InChI=1S/C25H20N2/c1-5-13-21(14-6-1)25(22-15-7-2-8-16-22)26-27(23-17-9-3-10-18-23)24-19-11-4-12-20-24/h1-20H. The molecule has 4 rings (SSSR count). The van der Waals surface area contributed by atoms with Crippen molar-refractivity contribution in [3.05, 3.63) is 132 Å². The van der Waals surface area contributed by atoms with E-state index in [0.717, 1.165) is 28.2 Å². The van der Waals surface area contributed by atoms with Crippen LogP contribution in [0.25, 0.3) is 0 Å². The van der Waals surface area contributed by atoms with Gasteiger partial charge in [-0.2, -0.15) is 5.10 Å². The molecule has 0 saturated carbocycles. The molecule has 2 heteroatoms. The second-order valence-corrected chi connectivity index (χ2v) is 6.16. The Balaban J connectivity index is 1.90. The third-order valence-electron chi connectivity index (χ3n) is 4.30. The largest absolute Gasteiger partial charge is 0.233 e. The SMILES string of the molecule is c1ccc(C(=NN(c2ccccc2)c2ccccc2)c2ccccc2)cc1. The quantitative estimate of drug-likeness (QED) is 0.306. The molecule has 0 aliphatic carbocycles. The van der Waals surface area contributed by atoms with Gasteiger partial charge in [0.1, 0.15) is 0 Å².